The molecule has 5 nitrogen and oxygen atoms in total. The quantitative estimate of drug-likeness (QED) is 0.304. The van der Waals surface area contributed by atoms with Gasteiger partial charge in [0, 0.05) is 27.6 Å². The number of rotatable bonds is 6. The third kappa shape index (κ3) is 4.38. The second-order valence-corrected chi connectivity index (χ2v) is 8.28. The highest BCUT2D eigenvalue weighted by Crippen LogP contribution is 2.32. The van der Waals surface area contributed by atoms with Crippen molar-refractivity contribution < 1.29 is 9.53 Å². The van der Waals surface area contributed by atoms with E-state index in [2.05, 4.69) is 27.0 Å². The summed E-state index contributed by atoms with van der Waals surface area (Å²) >= 11 is 6.09. The average molecular weight is 468 g/mol. The Morgan fingerprint density at radius 2 is 1.76 bits per heavy atom. The van der Waals surface area contributed by atoms with E-state index in [1.54, 1.807) is 13.2 Å². The topological polar surface area (TPSA) is 56.1 Å². The number of halogens is 1. The summed E-state index contributed by atoms with van der Waals surface area (Å²) < 4.78 is 7.33. The van der Waals surface area contributed by atoms with Crippen molar-refractivity contribution in [3.63, 3.8) is 0 Å². The number of fused-ring (bicyclic) bond motifs is 3. The lowest BCUT2D eigenvalue weighted by molar-refractivity contribution is -0.116. The van der Waals surface area contributed by atoms with Gasteiger partial charge in [0.1, 0.15) is 5.75 Å². The molecular formula is C28H22ClN3O2. The summed E-state index contributed by atoms with van der Waals surface area (Å²) in [5.41, 5.74) is 4.81. The van der Waals surface area contributed by atoms with Gasteiger partial charge in [-0.25, -0.2) is 0 Å². The lowest BCUT2D eigenvalue weighted by atomic mass is 10.1. The van der Waals surface area contributed by atoms with Crippen LogP contribution in [0.3, 0.4) is 0 Å². The summed E-state index contributed by atoms with van der Waals surface area (Å²) in [5, 5.41) is 5.82. The Morgan fingerprint density at radius 3 is 2.53 bits per heavy atom. The monoisotopic (exact) mass is 467 g/mol. The summed E-state index contributed by atoms with van der Waals surface area (Å²) in [7, 11) is 1.62. The van der Waals surface area contributed by atoms with Crippen LogP contribution in [0.4, 0.5) is 0 Å². The number of para-hydroxylation sites is 1. The van der Waals surface area contributed by atoms with E-state index < -0.39 is 0 Å². The largest absolute Gasteiger partial charge is 0.497 e. The van der Waals surface area contributed by atoms with E-state index in [1.165, 1.54) is 6.08 Å². The Bertz CT molecular complexity index is 1500. The number of ether oxygens (including phenoxy) is 1. The first kappa shape index (κ1) is 21.7. The first-order chi connectivity index (χ1) is 16.6. The Morgan fingerprint density at radius 1 is 1.00 bits per heavy atom. The molecule has 0 aliphatic carbocycles. The van der Waals surface area contributed by atoms with Crippen molar-refractivity contribution in [1.29, 1.82) is 0 Å². The summed E-state index contributed by atoms with van der Waals surface area (Å²) in [6.45, 7) is 0.335. The summed E-state index contributed by atoms with van der Waals surface area (Å²) in [6, 6.07) is 25.6. The van der Waals surface area contributed by atoms with Crippen molar-refractivity contribution >= 4 is 45.4 Å². The molecule has 168 valence electrons. The van der Waals surface area contributed by atoms with Crippen LogP contribution in [0.15, 0.2) is 91.1 Å². The number of hydrogen-bond acceptors (Lipinski definition) is 3. The van der Waals surface area contributed by atoms with Crippen LogP contribution in [0.2, 0.25) is 5.02 Å². The van der Waals surface area contributed by atoms with Crippen LogP contribution in [-0.2, 0) is 11.3 Å². The van der Waals surface area contributed by atoms with E-state index in [9.17, 15) is 4.79 Å². The van der Waals surface area contributed by atoms with Gasteiger partial charge in [0.25, 0.3) is 0 Å². The Balaban J connectivity index is 1.39. The molecule has 3 aromatic carbocycles. The zero-order valence-electron chi connectivity index (χ0n) is 18.5. The fraction of sp³-hybridized carbons (Fsp3) is 0.0714. The minimum absolute atomic E-state index is 0.179. The molecule has 0 aliphatic heterocycles. The number of methoxy groups -OCH3 is 1. The van der Waals surface area contributed by atoms with Gasteiger partial charge in [-0.1, -0.05) is 41.9 Å². The second kappa shape index (κ2) is 9.41. The number of hydrogen-bond donors (Lipinski definition) is 1. The van der Waals surface area contributed by atoms with Gasteiger partial charge in [-0.2, -0.15) is 0 Å². The highest BCUT2D eigenvalue weighted by molar-refractivity contribution is 6.30. The summed E-state index contributed by atoms with van der Waals surface area (Å²) in [4.78, 5) is 17.0. The molecule has 1 amide bonds. The first-order valence-electron chi connectivity index (χ1n) is 10.9. The lowest BCUT2D eigenvalue weighted by Crippen LogP contribution is -2.20. The van der Waals surface area contributed by atoms with Gasteiger partial charge in [-0.05, 0) is 60.2 Å². The van der Waals surface area contributed by atoms with Gasteiger partial charge in [0.15, 0.2) is 0 Å². The molecule has 6 heteroatoms. The zero-order valence-corrected chi connectivity index (χ0v) is 19.3. The van der Waals surface area contributed by atoms with Gasteiger partial charge >= 0.3 is 0 Å². The molecule has 0 aliphatic rings. The SMILES string of the molecule is COc1ccc(/C=C/C(=O)NCc2cc3c4ccccc4n(-c4ccc(Cl)cc4)c3cn2)cc1. The van der Waals surface area contributed by atoms with Crippen molar-refractivity contribution in [2.24, 2.45) is 0 Å². The predicted octanol–water partition coefficient (Wildman–Crippen LogP) is 6.17. The predicted molar refractivity (Wildman–Crippen MR) is 137 cm³/mol. The molecule has 0 saturated heterocycles. The number of carbonyl (C=O) groups is 1. The van der Waals surface area contributed by atoms with Crippen molar-refractivity contribution in [2.45, 2.75) is 6.54 Å². The number of pyridine rings is 1. The van der Waals surface area contributed by atoms with Gasteiger partial charge < -0.3 is 14.6 Å². The molecular weight excluding hydrogens is 446 g/mol. The maximum absolute atomic E-state index is 12.3. The van der Waals surface area contributed by atoms with Gasteiger partial charge in [0.2, 0.25) is 5.91 Å². The molecule has 1 N–H and O–H groups in total. The summed E-state index contributed by atoms with van der Waals surface area (Å²) in [5.74, 6) is 0.599. The third-order valence-corrected chi connectivity index (χ3v) is 5.94. The molecule has 0 unspecified atom stereocenters. The van der Waals surface area contributed by atoms with Crippen molar-refractivity contribution in [3.05, 3.63) is 107 Å². The molecule has 2 heterocycles. The normalized spacial score (nSPS) is 11.4. The van der Waals surface area contributed by atoms with Gasteiger partial charge in [-0.3, -0.25) is 9.78 Å². The second-order valence-electron chi connectivity index (χ2n) is 7.85. The maximum atomic E-state index is 12.3. The standard InChI is InChI=1S/C28H22ClN3O2/c1-34-23-13-6-19(7-14-23)8-15-28(33)31-17-21-16-25-24-4-2-3-5-26(24)32(27(25)18-30-21)22-11-9-20(29)10-12-22/h2-16,18H,17H2,1H3,(H,31,33)/b15-8+. The van der Waals surface area contributed by atoms with Crippen molar-refractivity contribution in [3.8, 4) is 11.4 Å². The van der Waals surface area contributed by atoms with Gasteiger partial charge in [-0.15, -0.1) is 0 Å². The Labute approximate surface area is 202 Å². The van der Waals surface area contributed by atoms with Gasteiger partial charge in [0.05, 0.1) is 36.6 Å². The minimum atomic E-state index is -0.179. The summed E-state index contributed by atoms with van der Waals surface area (Å²) in [6.07, 6.45) is 5.15. The molecule has 0 spiro atoms. The molecule has 2 aromatic heterocycles. The fourth-order valence-electron chi connectivity index (χ4n) is 4.00. The number of amides is 1. The molecule has 0 bridgehead atoms. The molecule has 0 fully saturated rings. The van der Waals surface area contributed by atoms with E-state index in [1.807, 2.05) is 72.9 Å². The van der Waals surface area contributed by atoms with Crippen LogP contribution < -0.4 is 10.1 Å². The molecule has 0 atom stereocenters. The number of nitrogens with one attached hydrogen (secondary N) is 1. The number of nitrogens with zero attached hydrogens (tertiary/aromatic N) is 2. The minimum Gasteiger partial charge on any atom is -0.497 e. The average Bonchev–Trinajstić information content (AvgIpc) is 3.21. The Kier molecular flexibility index (Phi) is 6.02. The Hall–Kier alpha value is -4.09. The highest BCUT2D eigenvalue weighted by atomic mass is 35.5. The number of benzene rings is 3. The number of carbonyl (C=O) groups excluding carboxylic acids is 1. The smallest absolute Gasteiger partial charge is 0.244 e. The van der Waals surface area contributed by atoms with Crippen LogP contribution >= 0.6 is 11.6 Å². The van der Waals surface area contributed by atoms with E-state index in [4.69, 9.17) is 16.3 Å². The molecule has 0 radical (unpaired) electrons. The van der Waals surface area contributed by atoms with E-state index in [0.29, 0.717) is 11.6 Å². The van der Waals surface area contributed by atoms with Crippen LogP contribution in [-0.4, -0.2) is 22.6 Å². The highest BCUT2D eigenvalue weighted by Gasteiger charge is 2.13. The lowest BCUT2D eigenvalue weighted by Gasteiger charge is -2.08. The third-order valence-electron chi connectivity index (χ3n) is 5.69. The molecule has 0 saturated carbocycles. The molecule has 34 heavy (non-hydrogen) atoms. The number of aromatic nitrogens is 2. The zero-order chi connectivity index (χ0) is 23.5. The van der Waals surface area contributed by atoms with Crippen molar-refractivity contribution in [2.75, 3.05) is 7.11 Å². The van der Waals surface area contributed by atoms with Crippen LogP contribution in [0.5, 0.6) is 5.75 Å². The van der Waals surface area contributed by atoms with Crippen LogP contribution in [0.1, 0.15) is 11.3 Å². The van der Waals surface area contributed by atoms with Crippen LogP contribution in [0, 0.1) is 0 Å². The van der Waals surface area contributed by atoms with E-state index >= 15 is 0 Å². The van der Waals surface area contributed by atoms with Crippen molar-refractivity contribution in [1.82, 2.24) is 14.9 Å². The van der Waals surface area contributed by atoms with Crippen LogP contribution in [0.25, 0.3) is 33.6 Å². The van der Waals surface area contributed by atoms with E-state index in [0.717, 1.165) is 44.5 Å². The fourth-order valence-corrected chi connectivity index (χ4v) is 4.13. The maximum Gasteiger partial charge on any atom is 0.244 e. The first-order valence-corrected chi connectivity index (χ1v) is 11.2. The molecule has 5 rings (SSSR count). The molecule has 5 aromatic rings. The van der Waals surface area contributed by atoms with E-state index in [-0.39, 0.29) is 5.91 Å².